The van der Waals surface area contributed by atoms with Crippen LogP contribution in [-0.2, 0) is 0 Å². The van der Waals surface area contributed by atoms with Crippen molar-refractivity contribution >= 4 is 0 Å². The lowest BCUT2D eigenvalue weighted by Gasteiger charge is -2.14. The maximum Gasteiger partial charge on any atom is 0.0206 e. The van der Waals surface area contributed by atoms with Gasteiger partial charge >= 0.3 is 0 Å². The highest BCUT2D eigenvalue weighted by atomic mass is 15.1. The fourth-order valence-electron chi connectivity index (χ4n) is 1.87. The molecule has 0 aliphatic carbocycles. The van der Waals surface area contributed by atoms with Crippen LogP contribution in [0.4, 0.5) is 0 Å². The summed E-state index contributed by atoms with van der Waals surface area (Å²) < 4.78 is 0. The Labute approximate surface area is 68.3 Å². The van der Waals surface area contributed by atoms with E-state index in [2.05, 4.69) is 16.3 Å². The second kappa shape index (κ2) is 3.37. The van der Waals surface area contributed by atoms with Crippen LogP contribution in [0.15, 0.2) is 11.6 Å². The molecule has 1 saturated heterocycles. The largest absolute Gasteiger partial charge is 0.309 e. The molecule has 0 radical (unpaired) electrons. The SMILES string of the molecule is C1=C(CN2CCCC2)CNC1. The maximum atomic E-state index is 3.33. The van der Waals surface area contributed by atoms with E-state index < -0.39 is 0 Å². The van der Waals surface area contributed by atoms with Crippen LogP contribution in [0.5, 0.6) is 0 Å². The highest BCUT2D eigenvalue weighted by molar-refractivity contribution is 5.12. The minimum atomic E-state index is 1.09. The molecule has 0 unspecified atom stereocenters. The summed E-state index contributed by atoms with van der Waals surface area (Å²) in [5.74, 6) is 0. The lowest BCUT2D eigenvalue weighted by Crippen LogP contribution is -2.23. The predicted octanol–water partition coefficient (Wildman–Crippen LogP) is 0.612. The smallest absolute Gasteiger partial charge is 0.0206 e. The van der Waals surface area contributed by atoms with Gasteiger partial charge in [0.1, 0.15) is 0 Å². The van der Waals surface area contributed by atoms with Crippen LogP contribution < -0.4 is 5.32 Å². The first-order chi connectivity index (χ1) is 5.45. The van der Waals surface area contributed by atoms with E-state index >= 15 is 0 Å². The van der Waals surface area contributed by atoms with Crippen molar-refractivity contribution in [2.45, 2.75) is 12.8 Å². The van der Waals surface area contributed by atoms with Crippen LogP contribution in [0.25, 0.3) is 0 Å². The first-order valence-electron chi connectivity index (χ1n) is 4.56. The zero-order valence-corrected chi connectivity index (χ0v) is 6.97. The lowest BCUT2D eigenvalue weighted by atomic mass is 10.3. The van der Waals surface area contributed by atoms with E-state index in [4.69, 9.17) is 0 Å². The van der Waals surface area contributed by atoms with Crippen LogP contribution >= 0.6 is 0 Å². The van der Waals surface area contributed by atoms with Gasteiger partial charge in [-0.25, -0.2) is 0 Å². The molecule has 2 heterocycles. The van der Waals surface area contributed by atoms with Crippen molar-refractivity contribution in [1.82, 2.24) is 10.2 Å². The third-order valence-electron chi connectivity index (χ3n) is 2.51. The number of rotatable bonds is 2. The quantitative estimate of drug-likeness (QED) is 0.583. The van der Waals surface area contributed by atoms with Crippen molar-refractivity contribution in [3.05, 3.63) is 11.6 Å². The van der Waals surface area contributed by atoms with Crippen molar-refractivity contribution in [2.75, 3.05) is 32.7 Å². The van der Waals surface area contributed by atoms with Gasteiger partial charge in [-0.1, -0.05) is 6.08 Å². The summed E-state index contributed by atoms with van der Waals surface area (Å²) >= 11 is 0. The molecule has 2 heteroatoms. The van der Waals surface area contributed by atoms with Gasteiger partial charge < -0.3 is 5.32 Å². The Morgan fingerprint density at radius 2 is 2.18 bits per heavy atom. The summed E-state index contributed by atoms with van der Waals surface area (Å²) in [6.45, 7) is 6.06. The molecule has 62 valence electrons. The second-order valence-corrected chi connectivity index (χ2v) is 3.48. The first kappa shape index (κ1) is 7.32. The lowest BCUT2D eigenvalue weighted by molar-refractivity contribution is 0.367. The molecular weight excluding hydrogens is 136 g/mol. The van der Waals surface area contributed by atoms with E-state index in [1.54, 1.807) is 5.57 Å². The Balaban J connectivity index is 1.79. The molecule has 0 amide bonds. The van der Waals surface area contributed by atoms with Gasteiger partial charge in [-0.15, -0.1) is 0 Å². The van der Waals surface area contributed by atoms with E-state index in [1.807, 2.05) is 0 Å². The third-order valence-corrected chi connectivity index (χ3v) is 2.51. The van der Waals surface area contributed by atoms with Gasteiger partial charge in [0.25, 0.3) is 0 Å². The maximum absolute atomic E-state index is 3.33. The molecule has 1 N–H and O–H groups in total. The van der Waals surface area contributed by atoms with Gasteiger partial charge in [-0.05, 0) is 31.5 Å². The molecule has 2 nitrogen and oxygen atoms in total. The number of nitrogens with one attached hydrogen (secondary N) is 1. The number of likely N-dealkylation sites (tertiary alicyclic amines) is 1. The van der Waals surface area contributed by atoms with E-state index in [0.717, 1.165) is 13.1 Å². The van der Waals surface area contributed by atoms with Crippen molar-refractivity contribution in [3.8, 4) is 0 Å². The molecule has 0 aromatic heterocycles. The van der Waals surface area contributed by atoms with Gasteiger partial charge in [0.05, 0.1) is 0 Å². The Hall–Kier alpha value is -0.340. The molecule has 2 aliphatic heterocycles. The minimum Gasteiger partial charge on any atom is -0.309 e. The number of hydrogen-bond acceptors (Lipinski definition) is 2. The summed E-state index contributed by atoms with van der Waals surface area (Å²) in [5.41, 5.74) is 1.59. The summed E-state index contributed by atoms with van der Waals surface area (Å²) in [4.78, 5) is 2.55. The van der Waals surface area contributed by atoms with Crippen LogP contribution in [0.2, 0.25) is 0 Å². The van der Waals surface area contributed by atoms with E-state index in [-0.39, 0.29) is 0 Å². The molecule has 0 aromatic rings. The Morgan fingerprint density at radius 3 is 2.82 bits per heavy atom. The average Bonchev–Trinajstić information content (AvgIpc) is 2.60. The zero-order chi connectivity index (χ0) is 7.52. The van der Waals surface area contributed by atoms with Gasteiger partial charge in [0, 0.05) is 19.6 Å². The minimum absolute atomic E-state index is 1.09. The highest BCUT2D eigenvalue weighted by Crippen LogP contribution is 2.10. The summed E-state index contributed by atoms with van der Waals surface area (Å²) in [7, 11) is 0. The Kier molecular flexibility index (Phi) is 2.24. The summed E-state index contributed by atoms with van der Waals surface area (Å²) in [6, 6.07) is 0. The topological polar surface area (TPSA) is 15.3 Å². The fourth-order valence-corrected chi connectivity index (χ4v) is 1.87. The van der Waals surface area contributed by atoms with Crippen molar-refractivity contribution in [1.29, 1.82) is 0 Å². The monoisotopic (exact) mass is 152 g/mol. The van der Waals surface area contributed by atoms with Gasteiger partial charge in [0.15, 0.2) is 0 Å². The number of hydrogen-bond donors (Lipinski definition) is 1. The normalized spacial score (nSPS) is 26.0. The molecule has 0 bridgehead atoms. The van der Waals surface area contributed by atoms with E-state index in [9.17, 15) is 0 Å². The van der Waals surface area contributed by atoms with E-state index in [1.165, 1.54) is 32.5 Å². The van der Waals surface area contributed by atoms with Crippen LogP contribution in [-0.4, -0.2) is 37.6 Å². The van der Waals surface area contributed by atoms with Crippen LogP contribution in [0, 0.1) is 0 Å². The highest BCUT2D eigenvalue weighted by Gasteiger charge is 2.13. The van der Waals surface area contributed by atoms with Crippen molar-refractivity contribution in [2.24, 2.45) is 0 Å². The molecular formula is C9H16N2. The molecule has 2 aliphatic rings. The van der Waals surface area contributed by atoms with Crippen LogP contribution in [0.3, 0.4) is 0 Å². The first-order valence-corrected chi connectivity index (χ1v) is 4.56. The molecule has 1 fully saturated rings. The van der Waals surface area contributed by atoms with Gasteiger partial charge in [-0.3, -0.25) is 4.90 Å². The number of nitrogens with zero attached hydrogens (tertiary/aromatic N) is 1. The third kappa shape index (κ3) is 1.82. The fraction of sp³-hybridized carbons (Fsp3) is 0.778. The predicted molar refractivity (Wildman–Crippen MR) is 46.6 cm³/mol. The molecule has 2 rings (SSSR count). The van der Waals surface area contributed by atoms with Crippen LogP contribution in [0.1, 0.15) is 12.8 Å². The molecule has 11 heavy (non-hydrogen) atoms. The standard InChI is InChI=1S/C9H16N2/c1-2-6-11(5-1)8-9-3-4-10-7-9/h3,10H,1-2,4-8H2. The summed E-state index contributed by atoms with van der Waals surface area (Å²) in [6.07, 6.45) is 5.14. The van der Waals surface area contributed by atoms with Crippen molar-refractivity contribution in [3.63, 3.8) is 0 Å². The Morgan fingerprint density at radius 1 is 1.36 bits per heavy atom. The Bertz CT molecular complexity index is 157. The molecule has 0 aromatic carbocycles. The van der Waals surface area contributed by atoms with E-state index in [0.29, 0.717) is 0 Å². The zero-order valence-electron chi connectivity index (χ0n) is 6.97. The molecule has 0 spiro atoms. The van der Waals surface area contributed by atoms with Gasteiger partial charge in [-0.2, -0.15) is 0 Å². The second-order valence-electron chi connectivity index (χ2n) is 3.48. The van der Waals surface area contributed by atoms with Gasteiger partial charge in [0.2, 0.25) is 0 Å². The van der Waals surface area contributed by atoms with Crippen molar-refractivity contribution < 1.29 is 0 Å². The molecule has 0 atom stereocenters. The molecule has 0 saturated carbocycles. The summed E-state index contributed by atoms with van der Waals surface area (Å²) in [5, 5.41) is 3.33. The average molecular weight is 152 g/mol.